The Morgan fingerprint density at radius 3 is 2.12 bits per heavy atom. The number of hydrogen-bond donors (Lipinski definition) is 1. The van der Waals surface area contributed by atoms with E-state index in [1.165, 1.54) is 21.6 Å². The molecule has 0 saturated carbocycles. The molecular formula is C50H52N3O3PtS-. The van der Waals surface area contributed by atoms with E-state index in [1.54, 1.807) is 29.8 Å². The molecule has 302 valence electrons. The summed E-state index contributed by atoms with van der Waals surface area (Å²) in [5.74, 6) is 1.77. The van der Waals surface area contributed by atoms with Crippen LogP contribution in [0.2, 0.25) is 0 Å². The van der Waals surface area contributed by atoms with E-state index in [0.29, 0.717) is 28.1 Å². The Balaban J connectivity index is 0.00000512. The van der Waals surface area contributed by atoms with Crippen molar-refractivity contribution in [1.29, 1.82) is 0 Å². The van der Waals surface area contributed by atoms with Crippen molar-refractivity contribution in [2.75, 3.05) is 0 Å². The van der Waals surface area contributed by atoms with Crippen molar-refractivity contribution >= 4 is 43.6 Å². The second-order valence-electron chi connectivity index (χ2n) is 18.4. The molecule has 0 amide bonds. The quantitative estimate of drug-likeness (QED) is 0.160. The van der Waals surface area contributed by atoms with Crippen LogP contribution >= 0.6 is 11.3 Å². The molecule has 1 N–H and O–H groups in total. The number of aromatic hydroxyl groups is 1. The van der Waals surface area contributed by atoms with E-state index in [1.807, 2.05) is 13.8 Å². The Morgan fingerprint density at radius 2 is 1.47 bits per heavy atom. The normalized spacial score (nSPS) is 12.4. The van der Waals surface area contributed by atoms with Gasteiger partial charge in [-0.1, -0.05) is 111 Å². The predicted octanol–water partition coefficient (Wildman–Crippen LogP) is 14.5. The van der Waals surface area contributed by atoms with E-state index in [9.17, 15) is 5.11 Å². The van der Waals surface area contributed by atoms with Crippen LogP contribution in [0.15, 0.2) is 75.8 Å². The minimum atomic E-state index is -0.174. The van der Waals surface area contributed by atoms with Gasteiger partial charge in [0, 0.05) is 47.3 Å². The second kappa shape index (κ2) is 15.2. The number of aryl methyl sites for hydroxylation is 2. The summed E-state index contributed by atoms with van der Waals surface area (Å²) in [6.45, 7) is 26.4. The monoisotopic (exact) mass is 969 g/mol. The molecule has 0 aliphatic carbocycles. The minimum Gasteiger partial charge on any atom is -0.507 e. The number of hydrogen-bond acceptors (Lipinski definition) is 7. The Morgan fingerprint density at radius 1 is 0.793 bits per heavy atom. The number of thiophene rings is 1. The van der Waals surface area contributed by atoms with E-state index in [0.717, 1.165) is 66.9 Å². The molecule has 0 fully saturated rings. The zero-order chi connectivity index (χ0) is 40.7. The molecule has 8 aromatic rings. The molecule has 0 aliphatic heterocycles. The van der Waals surface area contributed by atoms with Crippen LogP contribution in [0.25, 0.3) is 77.3 Å². The Kier molecular flexibility index (Phi) is 10.9. The summed E-state index contributed by atoms with van der Waals surface area (Å²) in [4.78, 5) is 16.2. The zero-order valence-corrected chi connectivity index (χ0v) is 38.6. The van der Waals surface area contributed by atoms with Crippen LogP contribution in [0.3, 0.4) is 0 Å². The number of phenols is 1. The van der Waals surface area contributed by atoms with E-state index in [-0.39, 0.29) is 49.5 Å². The van der Waals surface area contributed by atoms with Gasteiger partial charge in [-0.05, 0) is 83.4 Å². The van der Waals surface area contributed by atoms with Gasteiger partial charge < -0.3 is 13.9 Å². The fourth-order valence-electron chi connectivity index (χ4n) is 8.03. The summed E-state index contributed by atoms with van der Waals surface area (Å²) in [6.07, 6.45) is 2.63. The average molecular weight is 970 g/mol. The van der Waals surface area contributed by atoms with Crippen LogP contribution < -0.4 is 0 Å². The molecule has 6 nitrogen and oxygen atoms in total. The van der Waals surface area contributed by atoms with Gasteiger partial charge >= 0.3 is 0 Å². The Bertz CT molecular complexity index is 2820. The van der Waals surface area contributed by atoms with Crippen molar-refractivity contribution < 1.29 is 35.0 Å². The first-order valence-electron chi connectivity index (χ1n) is 20.0. The van der Waals surface area contributed by atoms with Crippen LogP contribution in [-0.2, 0) is 32.9 Å². The van der Waals surface area contributed by atoms with Gasteiger partial charge in [0.1, 0.15) is 23.4 Å². The molecule has 0 bridgehead atoms. The number of oxazole rings is 1. The molecular weight excluding hydrogens is 918 g/mol. The molecule has 0 atom stereocenters. The van der Waals surface area contributed by atoms with Crippen LogP contribution in [0.5, 0.6) is 5.75 Å². The van der Waals surface area contributed by atoms with Crippen molar-refractivity contribution in [2.45, 2.75) is 107 Å². The topological polar surface area (TPSA) is 85.2 Å². The summed E-state index contributed by atoms with van der Waals surface area (Å²) in [6, 6.07) is 24.9. The number of rotatable bonds is 7. The average Bonchev–Trinajstić information content (AvgIpc) is 3.84. The number of furan rings is 1. The van der Waals surface area contributed by atoms with Gasteiger partial charge in [-0.25, -0.2) is 9.97 Å². The van der Waals surface area contributed by atoms with Gasteiger partial charge in [0.05, 0.1) is 16.6 Å². The third-order valence-corrected chi connectivity index (χ3v) is 12.2. The molecule has 58 heavy (non-hydrogen) atoms. The second-order valence-corrected chi connectivity index (χ2v) is 19.6. The van der Waals surface area contributed by atoms with Gasteiger partial charge in [0.25, 0.3) is 0 Å². The molecule has 0 aliphatic rings. The maximum Gasteiger partial charge on any atom is 0.231 e. The van der Waals surface area contributed by atoms with Crippen LogP contribution in [0.1, 0.15) is 114 Å². The summed E-state index contributed by atoms with van der Waals surface area (Å²) >= 11 is 1.77. The van der Waals surface area contributed by atoms with E-state index >= 15 is 0 Å². The van der Waals surface area contributed by atoms with Gasteiger partial charge in [0.15, 0.2) is 5.58 Å². The molecule has 0 spiro atoms. The van der Waals surface area contributed by atoms with Crippen molar-refractivity contribution in [3.8, 4) is 50.7 Å². The van der Waals surface area contributed by atoms with Gasteiger partial charge in [-0.3, -0.25) is 4.98 Å². The first-order valence-corrected chi connectivity index (χ1v) is 20.8. The standard InChI is InChI=1S/C50H52N3O3S.Pt/c1-26(2)34-14-13-15-35(27(3)4)42(34)37-17-16-36(45-46(37)56-48(53-45)43-39(54)18-19-40-41(43)28(5)29(6)55-40)30-20-31(22-32(21-30)50(10,11)12)44-47-38(51-25-52-44)23-33(57-47)24-49(7,8)9;/h13-19,21-23,25-27,54H,24H2,1-12H3;/q-1;. The first kappa shape index (κ1) is 41.6. The summed E-state index contributed by atoms with van der Waals surface area (Å²) in [7, 11) is 0. The Labute approximate surface area is 360 Å². The Hall–Kier alpha value is -4.58. The molecule has 4 aromatic carbocycles. The molecule has 4 heterocycles. The van der Waals surface area contributed by atoms with Crippen molar-refractivity contribution in [3.05, 3.63) is 106 Å². The molecule has 0 unspecified atom stereocenters. The summed E-state index contributed by atoms with van der Waals surface area (Å²) in [5.41, 5.74) is 13.8. The summed E-state index contributed by atoms with van der Waals surface area (Å²) in [5, 5.41) is 12.3. The maximum atomic E-state index is 11.5. The molecule has 8 heteroatoms. The third-order valence-electron chi connectivity index (χ3n) is 11.1. The maximum absolute atomic E-state index is 11.5. The minimum absolute atomic E-state index is 0. The SMILES string of the molecule is Cc1oc2ccc(O)c(-c3nc4c(-c5[c-]c(-c6ncnc7cc(CC(C)(C)C)sc67)cc(C(C)(C)C)c5)ccc(-c5c(C(C)C)cccc5C(C)C)c4o3)c2c1C.[Pt]. The van der Waals surface area contributed by atoms with Crippen LogP contribution in [0, 0.1) is 25.3 Å². The zero-order valence-electron chi connectivity index (χ0n) is 35.5. The van der Waals surface area contributed by atoms with Crippen LogP contribution in [0.4, 0.5) is 0 Å². The fraction of sp³-hybridized carbons (Fsp3) is 0.340. The molecule has 0 radical (unpaired) electrons. The number of nitrogens with zero attached hydrogens (tertiary/aromatic N) is 3. The molecule has 8 rings (SSSR count). The largest absolute Gasteiger partial charge is 0.507 e. The fourth-order valence-corrected chi connectivity index (χ4v) is 9.45. The van der Waals surface area contributed by atoms with E-state index in [4.69, 9.17) is 23.8 Å². The number of fused-ring (bicyclic) bond motifs is 3. The molecule has 0 saturated heterocycles. The van der Waals surface area contributed by atoms with E-state index in [2.05, 4.69) is 124 Å². The number of benzene rings is 4. The van der Waals surface area contributed by atoms with Gasteiger partial charge in [-0.15, -0.1) is 40.7 Å². The third kappa shape index (κ3) is 7.45. The molecule has 4 aromatic heterocycles. The van der Waals surface area contributed by atoms with Crippen molar-refractivity contribution in [1.82, 2.24) is 15.0 Å². The predicted molar refractivity (Wildman–Crippen MR) is 237 cm³/mol. The van der Waals surface area contributed by atoms with Crippen molar-refractivity contribution in [2.24, 2.45) is 5.41 Å². The van der Waals surface area contributed by atoms with Crippen LogP contribution in [-0.4, -0.2) is 20.1 Å². The number of phenolic OH excluding ortho intramolecular Hbond substituents is 1. The van der Waals surface area contributed by atoms with Gasteiger partial charge in [0.2, 0.25) is 5.89 Å². The first-order chi connectivity index (χ1) is 26.9. The van der Waals surface area contributed by atoms with E-state index < -0.39 is 0 Å². The number of aromatic nitrogens is 3. The smallest absolute Gasteiger partial charge is 0.231 e. The van der Waals surface area contributed by atoms with Crippen molar-refractivity contribution in [3.63, 3.8) is 0 Å². The summed E-state index contributed by atoms with van der Waals surface area (Å²) < 4.78 is 14.2. The van der Waals surface area contributed by atoms with Gasteiger partial charge in [-0.2, -0.15) is 0 Å².